The van der Waals surface area contributed by atoms with E-state index in [0.717, 1.165) is 0 Å². The third-order valence-electron chi connectivity index (χ3n) is 3.96. The maximum atomic E-state index is 12.3. The Morgan fingerprint density at radius 1 is 1.19 bits per heavy atom. The van der Waals surface area contributed by atoms with E-state index < -0.39 is 12.1 Å². The molecule has 2 aromatic carbocycles. The van der Waals surface area contributed by atoms with Gasteiger partial charge in [0.15, 0.2) is 17.6 Å². The number of rotatable bonds is 5. The number of nitrogens with zero attached hydrogens (tertiary/aromatic N) is 1. The van der Waals surface area contributed by atoms with E-state index in [1.54, 1.807) is 37.3 Å². The predicted molar refractivity (Wildman–Crippen MR) is 104 cm³/mol. The molecular formula is C19H17BrN2O5. The van der Waals surface area contributed by atoms with E-state index in [1.807, 2.05) is 6.07 Å². The number of carbonyl (C=O) groups is 1. The zero-order chi connectivity index (χ0) is 19.6. The van der Waals surface area contributed by atoms with E-state index >= 15 is 0 Å². The molecule has 7 nitrogen and oxygen atoms in total. The van der Waals surface area contributed by atoms with Crippen LogP contribution in [-0.4, -0.2) is 36.3 Å². The molecule has 8 heteroatoms. The maximum Gasteiger partial charge on any atom is 0.346 e. The first-order valence-electron chi connectivity index (χ1n) is 8.06. The van der Waals surface area contributed by atoms with Gasteiger partial charge >= 0.3 is 5.97 Å². The van der Waals surface area contributed by atoms with Gasteiger partial charge in [-0.05, 0) is 47.1 Å². The largest absolute Gasteiger partial charge is 0.493 e. The Balaban J connectivity index is 2.07. The van der Waals surface area contributed by atoms with Crippen molar-refractivity contribution in [3.8, 4) is 22.9 Å². The second kappa shape index (κ2) is 7.79. The molecule has 0 aliphatic carbocycles. The lowest BCUT2D eigenvalue weighted by Gasteiger charge is -2.17. The number of H-pyrrole nitrogens is 1. The van der Waals surface area contributed by atoms with Crippen molar-refractivity contribution in [2.24, 2.45) is 0 Å². The van der Waals surface area contributed by atoms with Crippen molar-refractivity contribution < 1.29 is 19.0 Å². The second-order valence-corrected chi connectivity index (χ2v) is 6.55. The number of hydrogen-bond donors (Lipinski definition) is 1. The molecule has 3 aromatic rings. The summed E-state index contributed by atoms with van der Waals surface area (Å²) < 4.78 is 16.3. The first-order chi connectivity index (χ1) is 12.9. The Kier molecular flexibility index (Phi) is 5.46. The van der Waals surface area contributed by atoms with E-state index in [1.165, 1.54) is 14.2 Å². The highest BCUT2D eigenvalue weighted by molar-refractivity contribution is 9.10. The molecule has 1 aromatic heterocycles. The molecule has 0 bridgehead atoms. The summed E-state index contributed by atoms with van der Waals surface area (Å²) in [6.45, 7) is 1.58. The van der Waals surface area contributed by atoms with Gasteiger partial charge in [-0.25, -0.2) is 9.78 Å². The number of hydrogen-bond acceptors (Lipinski definition) is 6. The van der Waals surface area contributed by atoms with Crippen molar-refractivity contribution in [3.63, 3.8) is 0 Å². The highest BCUT2D eigenvalue weighted by Gasteiger charge is 2.20. The number of aromatic nitrogens is 2. The third kappa shape index (κ3) is 3.80. The summed E-state index contributed by atoms with van der Waals surface area (Å²) in [5.41, 5.74) is 0.968. The standard InChI is InChI=1S/C19H17BrN2O5/c1-10(19(24)26-3)27-16-9-13(20)12(8-15(16)25-2)17-21-14-7-5-4-6-11(14)18(23)22-17/h4-10H,1-3H3,(H,21,22,23). The van der Waals surface area contributed by atoms with Crippen molar-refractivity contribution >= 4 is 32.8 Å². The minimum Gasteiger partial charge on any atom is -0.493 e. The average molecular weight is 433 g/mol. The minimum absolute atomic E-state index is 0.235. The summed E-state index contributed by atoms with van der Waals surface area (Å²) in [6.07, 6.45) is -0.805. The van der Waals surface area contributed by atoms with Crippen LogP contribution in [0, 0.1) is 0 Å². The van der Waals surface area contributed by atoms with E-state index in [0.29, 0.717) is 38.3 Å². The van der Waals surface area contributed by atoms with Crippen LogP contribution in [-0.2, 0) is 9.53 Å². The molecule has 0 aliphatic rings. The lowest BCUT2D eigenvalue weighted by Crippen LogP contribution is -2.25. The number of ether oxygens (including phenoxy) is 3. The van der Waals surface area contributed by atoms with Gasteiger partial charge in [0.25, 0.3) is 5.56 Å². The van der Waals surface area contributed by atoms with Crippen LogP contribution >= 0.6 is 15.9 Å². The fourth-order valence-corrected chi connectivity index (χ4v) is 3.10. The number of para-hydroxylation sites is 1. The molecule has 0 saturated heterocycles. The van der Waals surface area contributed by atoms with Gasteiger partial charge in [-0.2, -0.15) is 0 Å². The van der Waals surface area contributed by atoms with Gasteiger partial charge in [0, 0.05) is 10.0 Å². The topological polar surface area (TPSA) is 90.5 Å². The van der Waals surface area contributed by atoms with E-state index in [2.05, 4.69) is 30.6 Å². The molecule has 1 N–H and O–H groups in total. The molecule has 1 atom stereocenters. The summed E-state index contributed by atoms with van der Waals surface area (Å²) in [4.78, 5) is 31.2. The van der Waals surface area contributed by atoms with Crippen molar-refractivity contribution in [2.75, 3.05) is 14.2 Å². The van der Waals surface area contributed by atoms with Crippen molar-refractivity contribution in [3.05, 3.63) is 51.2 Å². The third-order valence-corrected chi connectivity index (χ3v) is 4.61. The number of esters is 1. The molecule has 0 fully saturated rings. The van der Waals surface area contributed by atoms with Crippen LogP contribution in [0.25, 0.3) is 22.3 Å². The Hall–Kier alpha value is -2.87. The lowest BCUT2D eigenvalue weighted by atomic mass is 10.1. The van der Waals surface area contributed by atoms with E-state index in [-0.39, 0.29) is 5.56 Å². The van der Waals surface area contributed by atoms with Crippen molar-refractivity contribution in [1.29, 1.82) is 0 Å². The van der Waals surface area contributed by atoms with Crippen LogP contribution in [0.5, 0.6) is 11.5 Å². The molecule has 3 rings (SSSR count). The number of halogens is 1. The van der Waals surface area contributed by atoms with Gasteiger partial charge in [-0.1, -0.05) is 12.1 Å². The van der Waals surface area contributed by atoms with Crippen LogP contribution in [0.2, 0.25) is 0 Å². The van der Waals surface area contributed by atoms with Crippen LogP contribution in [0.1, 0.15) is 6.92 Å². The number of benzene rings is 2. The average Bonchev–Trinajstić information content (AvgIpc) is 2.67. The minimum atomic E-state index is -0.805. The molecule has 27 heavy (non-hydrogen) atoms. The van der Waals surface area contributed by atoms with Gasteiger partial charge in [-0.15, -0.1) is 0 Å². The highest BCUT2D eigenvalue weighted by atomic mass is 79.9. The molecule has 140 valence electrons. The predicted octanol–water partition coefficient (Wildman–Crippen LogP) is 3.30. The van der Waals surface area contributed by atoms with Crippen molar-refractivity contribution in [2.45, 2.75) is 13.0 Å². The first-order valence-corrected chi connectivity index (χ1v) is 8.85. The Morgan fingerprint density at radius 3 is 2.63 bits per heavy atom. The Labute approximate surface area is 163 Å². The second-order valence-electron chi connectivity index (χ2n) is 5.70. The van der Waals surface area contributed by atoms with Gasteiger partial charge in [0.2, 0.25) is 0 Å². The number of carbonyl (C=O) groups excluding carboxylic acids is 1. The van der Waals surface area contributed by atoms with E-state index in [4.69, 9.17) is 9.47 Å². The smallest absolute Gasteiger partial charge is 0.346 e. The van der Waals surface area contributed by atoms with E-state index in [9.17, 15) is 9.59 Å². The molecule has 0 saturated carbocycles. The Bertz CT molecular complexity index is 1060. The number of methoxy groups -OCH3 is 2. The summed E-state index contributed by atoms with van der Waals surface area (Å²) in [7, 11) is 2.78. The van der Waals surface area contributed by atoms with Gasteiger partial charge in [0.05, 0.1) is 25.1 Å². The number of aromatic amines is 1. The molecular weight excluding hydrogens is 416 g/mol. The zero-order valence-corrected chi connectivity index (χ0v) is 16.5. The normalized spacial score (nSPS) is 11.9. The van der Waals surface area contributed by atoms with Gasteiger partial charge in [-0.3, -0.25) is 4.79 Å². The molecule has 0 amide bonds. The molecule has 0 aliphatic heterocycles. The lowest BCUT2D eigenvalue weighted by molar-refractivity contribution is -0.147. The van der Waals surface area contributed by atoms with Crippen LogP contribution < -0.4 is 15.0 Å². The Morgan fingerprint density at radius 2 is 1.93 bits per heavy atom. The first kappa shape index (κ1) is 18.9. The molecule has 1 unspecified atom stereocenters. The summed E-state index contributed by atoms with van der Waals surface area (Å²) >= 11 is 3.47. The fourth-order valence-electron chi connectivity index (χ4n) is 2.59. The number of nitrogens with one attached hydrogen (secondary N) is 1. The molecule has 0 spiro atoms. The maximum absolute atomic E-state index is 12.3. The van der Waals surface area contributed by atoms with Crippen molar-refractivity contribution in [1.82, 2.24) is 9.97 Å². The summed E-state index contributed by atoms with van der Waals surface area (Å²) in [6, 6.07) is 10.4. The fraction of sp³-hybridized carbons (Fsp3) is 0.211. The monoisotopic (exact) mass is 432 g/mol. The summed E-state index contributed by atoms with van der Waals surface area (Å²) in [5, 5.41) is 0.510. The zero-order valence-electron chi connectivity index (χ0n) is 14.9. The quantitative estimate of drug-likeness (QED) is 0.621. The number of fused-ring (bicyclic) bond motifs is 1. The van der Waals surface area contributed by atoms with Crippen LogP contribution in [0.4, 0.5) is 0 Å². The molecule has 1 heterocycles. The van der Waals surface area contributed by atoms with Crippen LogP contribution in [0.15, 0.2) is 45.7 Å². The molecule has 0 radical (unpaired) electrons. The van der Waals surface area contributed by atoms with Gasteiger partial charge < -0.3 is 19.2 Å². The summed E-state index contributed by atoms with van der Waals surface area (Å²) in [5.74, 6) is 0.628. The highest BCUT2D eigenvalue weighted by Crippen LogP contribution is 2.38. The van der Waals surface area contributed by atoms with Gasteiger partial charge in [0.1, 0.15) is 5.82 Å². The SMILES string of the molecule is COC(=O)C(C)Oc1cc(Br)c(-c2nc3ccccc3c(=O)[nH]2)cc1OC. The van der Waals surface area contributed by atoms with Crippen LogP contribution in [0.3, 0.4) is 0 Å².